The fourth-order valence-electron chi connectivity index (χ4n) is 1.71. The maximum absolute atomic E-state index is 13.5. The van der Waals surface area contributed by atoms with Gasteiger partial charge in [0.2, 0.25) is 16.9 Å². The molecule has 2 rings (SSSR count). The van der Waals surface area contributed by atoms with Crippen molar-refractivity contribution in [3.8, 4) is 5.75 Å². The number of nitro groups is 1. The van der Waals surface area contributed by atoms with E-state index in [9.17, 15) is 38.5 Å². The summed E-state index contributed by atoms with van der Waals surface area (Å²) in [5, 5.41) is 21.2. The van der Waals surface area contributed by atoms with Crippen molar-refractivity contribution in [3.05, 3.63) is 53.3 Å². The number of aromatic amines is 1. The van der Waals surface area contributed by atoms with Crippen molar-refractivity contribution in [1.82, 2.24) is 4.98 Å². The first kappa shape index (κ1) is 14.2. The summed E-state index contributed by atoms with van der Waals surface area (Å²) in [7, 11) is 0. The summed E-state index contributed by atoms with van der Waals surface area (Å²) in [4.78, 5) is 44.9. The Bertz CT molecular complexity index is 923. The molecule has 9 nitrogen and oxygen atoms in total. The first-order chi connectivity index (χ1) is 9.79. The highest BCUT2D eigenvalue weighted by Gasteiger charge is 2.28. The number of rotatable bonds is 2. The zero-order valence-electron chi connectivity index (χ0n) is 9.72. The van der Waals surface area contributed by atoms with Crippen molar-refractivity contribution in [2.75, 3.05) is 0 Å². The van der Waals surface area contributed by atoms with Crippen LogP contribution in [0.25, 0.3) is 10.9 Å². The number of fused-ring (bicyclic) bond motifs is 1. The highest BCUT2D eigenvalue weighted by molar-refractivity contribution is 5.89. The van der Waals surface area contributed by atoms with Crippen LogP contribution in [0.5, 0.6) is 5.75 Å². The molecule has 1 aromatic heterocycles. The van der Waals surface area contributed by atoms with E-state index in [1.807, 2.05) is 0 Å². The molecule has 2 aromatic rings. The summed E-state index contributed by atoms with van der Waals surface area (Å²) >= 11 is 0. The molecule has 11 heteroatoms. The van der Waals surface area contributed by atoms with E-state index in [0.717, 1.165) is 0 Å². The van der Waals surface area contributed by atoms with Crippen LogP contribution in [0.2, 0.25) is 0 Å². The maximum Gasteiger partial charge on any atom is 0.321 e. The monoisotopic (exact) mass is 299 g/mol. The molecule has 108 valence electrons. The molecule has 0 fully saturated rings. The normalized spacial score (nSPS) is 10.6. The molecule has 1 heterocycles. The highest BCUT2D eigenvalue weighted by atomic mass is 19.2. The molecular weight excluding hydrogens is 296 g/mol. The van der Waals surface area contributed by atoms with Gasteiger partial charge >= 0.3 is 5.69 Å². The zero-order valence-corrected chi connectivity index (χ0v) is 9.72. The van der Waals surface area contributed by atoms with Crippen molar-refractivity contribution >= 4 is 22.3 Å². The van der Waals surface area contributed by atoms with E-state index >= 15 is 0 Å². The van der Waals surface area contributed by atoms with E-state index in [1.165, 1.54) is 0 Å². The van der Waals surface area contributed by atoms with Gasteiger partial charge in [0, 0.05) is 6.07 Å². The lowest BCUT2D eigenvalue weighted by molar-refractivity contribution is -0.386. The van der Waals surface area contributed by atoms with Gasteiger partial charge in [0.05, 0.1) is 10.4 Å². The zero-order chi connectivity index (χ0) is 15.9. The molecule has 0 aliphatic carbocycles. The minimum absolute atomic E-state index is 0.314. The Labute approximate surface area is 111 Å². The largest absolute Gasteiger partial charge is 0.502 e. The third-order valence-electron chi connectivity index (χ3n) is 2.60. The summed E-state index contributed by atoms with van der Waals surface area (Å²) in [6.45, 7) is 0. The molecule has 0 saturated heterocycles. The number of H-pyrrole nitrogens is 1. The van der Waals surface area contributed by atoms with Crippen LogP contribution in [0.15, 0.2) is 20.8 Å². The third kappa shape index (κ3) is 2.00. The van der Waals surface area contributed by atoms with E-state index < -0.39 is 55.6 Å². The van der Waals surface area contributed by atoms with Crippen LogP contribution in [0.3, 0.4) is 0 Å². The number of hydrogen-bond donors (Lipinski definition) is 2. The van der Waals surface area contributed by atoms with Crippen LogP contribution < -0.4 is 11.0 Å². The van der Waals surface area contributed by atoms with Gasteiger partial charge in [-0.2, -0.15) is 4.39 Å². The van der Waals surface area contributed by atoms with Crippen LogP contribution in [0, 0.1) is 26.7 Å². The predicted octanol–water partition coefficient (Wildman–Crippen LogP) is 1.18. The number of nitro benzene ring substituents is 1. The fraction of sp³-hybridized carbons (Fsp3) is 0. The second kappa shape index (κ2) is 4.70. The van der Waals surface area contributed by atoms with Gasteiger partial charge in [-0.1, -0.05) is 0 Å². The van der Waals surface area contributed by atoms with Gasteiger partial charge in [0.1, 0.15) is 5.39 Å². The molecule has 1 aromatic carbocycles. The summed E-state index contributed by atoms with van der Waals surface area (Å²) in [6, 6.07) is 0.314. The Morgan fingerprint density at radius 2 is 1.95 bits per heavy atom. The van der Waals surface area contributed by atoms with Gasteiger partial charge < -0.3 is 10.1 Å². The lowest BCUT2D eigenvalue weighted by Crippen LogP contribution is -2.05. The van der Waals surface area contributed by atoms with Gasteiger partial charge in [-0.15, -0.1) is 4.91 Å². The van der Waals surface area contributed by atoms with E-state index in [2.05, 4.69) is 5.18 Å². The number of benzene rings is 1. The van der Waals surface area contributed by atoms with Crippen molar-refractivity contribution in [1.29, 1.82) is 0 Å². The minimum Gasteiger partial charge on any atom is -0.502 e. The summed E-state index contributed by atoms with van der Waals surface area (Å²) in [6.07, 6.45) is 0. The number of nitroso groups, excluding NO2 is 1. The lowest BCUT2D eigenvalue weighted by atomic mass is 10.1. The summed E-state index contributed by atoms with van der Waals surface area (Å²) in [5.41, 5.74) is -6.60. The van der Waals surface area contributed by atoms with Crippen molar-refractivity contribution in [2.24, 2.45) is 5.18 Å². The summed E-state index contributed by atoms with van der Waals surface area (Å²) in [5.74, 6) is -5.15. The molecule has 0 aliphatic heterocycles. The Hall–Kier alpha value is -3.24. The molecule has 0 amide bonds. The van der Waals surface area contributed by atoms with Crippen LogP contribution in [-0.4, -0.2) is 15.0 Å². The highest BCUT2D eigenvalue weighted by Crippen LogP contribution is 2.29. The topological polar surface area (TPSA) is 143 Å². The minimum atomic E-state index is -1.95. The van der Waals surface area contributed by atoms with Gasteiger partial charge in [0.15, 0.2) is 11.6 Å². The van der Waals surface area contributed by atoms with E-state index in [1.54, 1.807) is 4.98 Å². The first-order valence-corrected chi connectivity index (χ1v) is 5.08. The third-order valence-corrected chi connectivity index (χ3v) is 2.60. The number of aromatic hydroxyl groups is 1. The fourth-order valence-corrected chi connectivity index (χ4v) is 1.71. The van der Waals surface area contributed by atoms with Crippen molar-refractivity contribution in [3.63, 3.8) is 0 Å². The maximum atomic E-state index is 13.5. The van der Waals surface area contributed by atoms with Crippen LogP contribution in [0.4, 0.5) is 20.2 Å². The van der Waals surface area contributed by atoms with Crippen LogP contribution in [0.1, 0.15) is 0 Å². The molecule has 0 bridgehead atoms. The second-order valence-corrected chi connectivity index (χ2v) is 3.77. The Balaban J connectivity index is 3.31. The molecule has 2 N–H and O–H groups in total. The average Bonchev–Trinajstić information content (AvgIpc) is 2.48. The number of nitrogens with zero attached hydrogens (tertiary/aromatic N) is 2. The van der Waals surface area contributed by atoms with Crippen LogP contribution in [-0.2, 0) is 0 Å². The SMILES string of the molecule is O=Nc1c(O)c(=O)c2c([N+](=O)[O-])c(F)c(F)cc2[nH]c1=O. The number of halogens is 2. The predicted molar refractivity (Wildman–Crippen MR) is 64.5 cm³/mol. The summed E-state index contributed by atoms with van der Waals surface area (Å²) < 4.78 is 26.8. The Kier molecular flexibility index (Phi) is 3.17. The average molecular weight is 299 g/mol. The number of nitrogens with one attached hydrogen (secondary N) is 1. The molecule has 0 saturated carbocycles. The lowest BCUT2D eigenvalue weighted by Gasteiger charge is -1.98. The molecule has 0 radical (unpaired) electrons. The van der Waals surface area contributed by atoms with E-state index in [-0.39, 0.29) is 0 Å². The van der Waals surface area contributed by atoms with Gasteiger partial charge in [0.25, 0.3) is 5.56 Å². The van der Waals surface area contributed by atoms with Gasteiger partial charge in [-0.3, -0.25) is 19.7 Å². The van der Waals surface area contributed by atoms with E-state index in [4.69, 9.17) is 0 Å². The quantitative estimate of drug-likeness (QED) is 0.484. The standard InChI is InChI=1S/C10H3F2N3O6/c11-2-1-3-4(7(5(2)12)15(20)21)8(16)9(17)6(14-19)10(18)13-3/h1H,(H,13,18)(H,16,17). The van der Waals surface area contributed by atoms with Crippen molar-refractivity contribution < 1.29 is 18.8 Å². The number of hydrogen-bond acceptors (Lipinski definition) is 7. The molecule has 21 heavy (non-hydrogen) atoms. The molecule has 0 atom stereocenters. The molecule has 0 aliphatic rings. The first-order valence-electron chi connectivity index (χ1n) is 5.08. The second-order valence-electron chi connectivity index (χ2n) is 3.77. The molecular formula is C10H3F2N3O6. The smallest absolute Gasteiger partial charge is 0.321 e. The van der Waals surface area contributed by atoms with Gasteiger partial charge in [-0.25, -0.2) is 4.39 Å². The Morgan fingerprint density at radius 3 is 2.48 bits per heavy atom. The van der Waals surface area contributed by atoms with E-state index in [0.29, 0.717) is 6.07 Å². The van der Waals surface area contributed by atoms with Gasteiger partial charge in [-0.05, 0) is 5.18 Å². The van der Waals surface area contributed by atoms with Crippen LogP contribution >= 0.6 is 0 Å². The Morgan fingerprint density at radius 1 is 1.33 bits per heavy atom. The van der Waals surface area contributed by atoms with Crippen molar-refractivity contribution in [2.45, 2.75) is 0 Å². The molecule has 0 unspecified atom stereocenters. The molecule has 0 spiro atoms. The number of aromatic nitrogens is 1.